The van der Waals surface area contributed by atoms with Crippen molar-refractivity contribution in [3.63, 3.8) is 0 Å². The highest BCUT2D eigenvalue weighted by Crippen LogP contribution is 2.16. The van der Waals surface area contributed by atoms with Crippen LogP contribution in [-0.4, -0.2) is 46.1 Å². The lowest BCUT2D eigenvalue weighted by Crippen LogP contribution is -2.13. The Morgan fingerprint density at radius 2 is 1.95 bits per heavy atom. The summed E-state index contributed by atoms with van der Waals surface area (Å²) in [6.07, 6.45) is 1.29. The van der Waals surface area contributed by atoms with Gasteiger partial charge in [0.15, 0.2) is 5.69 Å². The molecule has 1 aromatic heterocycles. The zero-order chi connectivity index (χ0) is 15.4. The molecule has 2 rings (SSSR count). The maximum atomic E-state index is 11.9. The van der Waals surface area contributed by atoms with Gasteiger partial charge in [-0.15, -0.1) is 5.10 Å². The van der Waals surface area contributed by atoms with Crippen LogP contribution in [0.15, 0.2) is 30.5 Å². The summed E-state index contributed by atoms with van der Waals surface area (Å²) in [7, 11) is 3.85. The molecule has 1 heterocycles. The first-order valence-corrected chi connectivity index (χ1v) is 6.16. The van der Waals surface area contributed by atoms with Crippen LogP contribution < -0.4 is 10.2 Å². The number of aliphatic carboxylic acids is 1. The fourth-order valence-electron chi connectivity index (χ4n) is 1.66. The molecule has 0 aliphatic carbocycles. The maximum Gasteiger partial charge on any atom is 0.325 e. The van der Waals surface area contributed by atoms with Crippen LogP contribution in [0.4, 0.5) is 11.4 Å². The monoisotopic (exact) mass is 289 g/mol. The molecule has 2 N–H and O–H groups in total. The van der Waals surface area contributed by atoms with Gasteiger partial charge in [-0.2, -0.15) is 0 Å². The lowest BCUT2D eigenvalue weighted by Gasteiger charge is -2.12. The van der Waals surface area contributed by atoms with Gasteiger partial charge in [0.25, 0.3) is 5.91 Å². The van der Waals surface area contributed by atoms with Crippen LogP contribution >= 0.6 is 0 Å². The number of carboxylic acids is 1. The van der Waals surface area contributed by atoms with E-state index in [1.165, 1.54) is 6.20 Å². The molecule has 110 valence electrons. The highest BCUT2D eigenvalue weighted by atomic mass is 16.4. The predicted molar refractivity (Wildman–Crippen MR) is 76.4 cm³/mol. The number of carbonyl (C=O) groups excluding carboxylic acids is 1. The number of benzene rings is 1. The van der Waals surface area contributed by atoms with E-state index >= 15 is 0 Å². The molecule has 0 fully saturated rings. The molecule has 8 nitrogen and oxygen atoms in total. The summed E-state index contributed by atoms with van der Waals surface area (Å²) < 4.78 is 1.09. The quantitative estimate of drug-likeness (QED) is 0.839. The lowest BCUT2D eigenvalue weighted by atomic mass is 10.2. The second-order valence-corrected chi connectivity index (χ2v) is 4.59. The molecule has 0 atom stereocenters. The lowest BCUT2D eigenvalue weighted by molar-refractivity contribution is -0.137. The summed E-state index contributed by atoms with van der Waals surface area (Å²) in [5.74, 6) is -1.49. The van der Waals surface area contributed by atoms with Gasteiger partial charge in [-0.1, -0.05) is 5.21 Å². The van der Waals surface area contributed by atoms with Crippen molar-refractivity contribution >= 4 is 23.3 Å². The zero-order valence-electron chi connectivity index (χ0n) is 11.6. The Morgan fingerprint density at radius 3 is 2.52 bits per heavy atom. The van der Waals surface area contributed by atoms with E-state index in [1.807, 2.05) is 31.1 Å². The summed E-state index contributed by atoms with van der Waals surface area (Å²) in [5, 5.41) is 18.5. The molecule has 8 heteroatoms. The summed E-state index contributed by atoms with van der Waals surface area (Å²) in [4.78, 5) is 24.4. The molecule has 0 saturated heterocycles. The molecule has 1 amide bonds. The fraction of sp³-hybridized carbons (Fsp3) is 0.231. The number of nitrogens with one attached hydrogen (secondary N) is 1. The fourth-order valence-corrected chi connectivity index (χ4v) is 1.66. The van der Waals surface area contributed by atoms with Crippen molar-refractivity contribution in [3.8, 4) is 0 Å². The number of anilines is 2. The van der Waals surface area contributed by atoms with E-state index in [2.05, 4.69) is 15.6 Å². The molecule has 0 bridgehead atoms. The van der Waals surface area contributed by atoms with Gasteiger partial charge in [0, 0.05) is 25.5 Å². The highest BCUT2D eigenvalue weighted by Gasteiger charge is 2.12. The first-order valence-electron chi connectivity index (χ1n) is 6.16. The van der Waals surface area contributed by atoms with Gasteiger partial charge in [0.2, 0.25) is 0 Å². The van der Waals surface area contributed by atoms with Crippen molar-refractivity contribution < 1.29 is 14.7 Å². The van der Waals surface area contributed by atoms with Crippen molar-refractivity contribution in [1.82, 2.24) is 15.0 Å². The van der Waals surface area contributed by atoms with Gasteiger partial charge in [0.05, 0.1) is 6.20 Å². The third kappa shape index (κ3) is 3.78. The maximum absolute atomic E-state index is 11.9. The van der Waals surface area contributed by atoms with Crippen molar-refractivity contribution in [2.75, 3.05) is 24.3 Å². The molecule has 21 heavy (non-hydrogen) atoms. The Labute approximate surface area is 121 Å². The number of hydrogen-bond acceptors (Lipinski definition) is 5. The molecule has 1 aromatic carbocycles. The molecule has 0 unspecified atom stereocenters. The number of hydrogen-bond donors (Lipinski definition) is 2. The first kappa shape index (κ1) is 14.5. The van der Waals surface area contributed by atoms with Crippen molar-refractivity contribution in [2.24, 2.45) is 0 Å². The number of rotatable bonds is 5. The molecule has 0 aliphatic rings. The molecule has 0 spiro atoms. The van der Waals surface area contributed by atoms with Gasteiger partial charge in [-0.25, -0.2) is 4.68 Å². The Bertz CT molecular complexity index is 648. The van der Waals surface area contributed by atoms with Crippen LogP contribution in [0.5, 0.6) is 0 Å². The summed E-state index contributed by atoms with van der Waals surface area (Å²) in [6, 6.07) is 7.29. The number of aromatic nitrogens is 3. The predicted octanol–water partition coefficient (Wildman–Crippen LogP) is 0.681. The molecule has 2 aromatic rings. The van der Waals surface area contributed by atoms with Crippen LogP contribution in [0.3, 0.4) is 0 Å². The largest absolute Gasteiger partial charge is 0.480 e. The van der Waals surface area contributed by atoms with E-state index in [4.69, 9.17) is 5.11 Å². The first-order chi connectivity index (χ1) is 9.95. The van der Waals surface area contributed by atoms with Crippen LogP contribution in [0.25, 0.3) is 0 Å². The second-order valence-electron chi connectivity index (χ2n) is 4.59. The average Bonchev–Trinajstić information content (AvgIpc) is 2.87. The third-order valence-corrected chi connectivity index (χ3v) is 2.71. The molecular weight excluding hydrogens is 274 g/mol. The van der Waals surface area contributed by atoms with Crippen molar-refractivity contribution in [2.45, 2.75) is 6.54 Å². The Hall–Kier alpha value is -2.90. The van der Waals surface area contributed by atoms with E-state index in [1.54, 1.807) is 12.1 Å². The van der Waals surface area contributed by atoms with Gasteiger partial charge in [0.1, 0.15) is 6.54 Å². The Morgan fingerprint density at radius 1 is 1.29 bits per heavy atom. The van der Waals surface area contributed by atoms with Crippen molar-refractivity contribution in [3.05, 3.63) is 36.2 Å². The van der Waals surface area contributed by atoms with E-state index in [9.17, 15) is 9.59 Å². The molecule has 0 saturated carbocycles. The highest BCUT2D eigenvalue weighted by molar-refractivity contribution is 6.02. The smallest absolute Gasteiger partial charge is 0.325 e. The third-order valence-electron chi connectivity index (χ3n) is 2.71. The number of nitrogens with zero attached hydrogens (tertiary/aromatic N) is 4. The number of carbonyl (C=O) groups is 2. The minimum absolute atomic E-state index is 0.0629. The standard InChI is InChI=1S/C13H15N5O3/c1-17(2)10-5-3-9(4-6-10)14-13(21)11-7-18(16-15-11)8-12(19)20/h3-7H,8H2,1-2H3,(H,14,21)(H,19,20). The van der Waals surface area contributed by atoms with E-state index < -0.39 is 11.9 Å². The van der Waals surface area contributed by atoms with Gasteiger partial charge in [-0.05, 0) is 24.3 Å². The minimum Gasteiger partial charge on any atom is -0.480 e. The second kappa shape index (κ2) is 6.04. The van der Waals surface area contributed by atoms with E-state index in [0.717, 1.165) is 10.4 Å². The average molecular weight is 289 g/mol. The van der Waals surface area contributed by atoms with Crippen LogP contribution in [0.1, 0.15) is 10.5 Å². The zero-order valence-corrected chi connectivity index (χ0v) is 11.6. The van der Waals surface area contributed by atoms with Crippen LogP contribution in [0, 0.1) is 0 Å². The van der Waals surface area contributed by atoms with Crippen molar-refractivity contribution in [1.29, 1.82) is 0 Å². The molecule has 0 radical (unpaired) electrons. The Balaban J connectivity index is 2.03. The van der Waals surface area contributed by atoms with E-state index in [-0.39, 0.29) is 12.2 Å². The molecule has 0 aliphatic heterocycles. The van der Waals surface area contributed by atoms with Gasteiger partial charge in [-0.3, -0.25) is 9.59 Å². The minimum atomic E-state index is -1.05. The SMILES string of the molecule is CN(C)c1ccc(NC(=O)c2cn(CC(=O)O)nn2)cc1. The summed E-state index contributed by atoms with van der Waals surface area (Å²) >= 11 is 0. The molecular formula is C13H15N5O3. The van der Waals surface area contributed by atoms with Gasteiger partial charge >= 0.3 is 5.97 Å². The van der Waals surface area contributed by atoms with Crippen LogP contribution in [-0.2, 0) is 11.3 Å². The summed E-state index contributed by atoms with van der Waals surface area (Å²) in [6.45, 7) is -0.336. The number of amides is 1. The Kier molecular flexibility index (Phi) is 4.17. The normalized spacial score (nSPS) is 10.2. The summed E-state index contributed by atoms with van der Waals surface area (Å²) in [5.41, 5.74) is 1.70. The van der Waals surface area contributed by atoms with Crippen LogP contribution in [0.2, 0.25) is 0 Å². The topological polar surface area (TPSA) is 100 Å². The number of carboxylic acid groups (broad SMARTS) is 1. The van der Waals surface area contributed by atoms with Gasteiger partial charge < -0.3 is 15.3 Å². The van der Waals surface area contributed by atoms with E-state index in [0.29, 0.717) is 5.69 Å².